The van der Waals surface area contributed by atoms with E-state index in [4.69, 9.17) is 9.47 Å². The maximum absolute atomic E-state index is 14.4. The predicted molar refractivity (Wildman–Crippen MR) is 118 cm³/mol. The second kappa shape index (κ2) is 11.5. The Morgan fingerprint density at radius 3 is 2.33 bits per heavy atom. The van der Waals surface area contributed by atoms with E-state index in [1.807, 2.05) is 0 Å². The second-order valence-electron chi connectivity index (χ2n) is 9.94. The average molecular weight is 502 g/mol. The number of hydrogen-bond acceptors (Lipinski definition) is 4. The summed E-state index contributed by atoms with van der Waals surface area (Å²) in [4.78, 5) is 0. The fourth-order valence-electron chi connectivity index (χ4n) is 6.01. The molecule has 0 aliphatic heterocycles. The van der Waals surface area contributed by atoms with Crippen LogP contribution in [0, 0.1) is 11.8 Å². The van der Waals surface area contributed by atoms with Crippen LogP contribution in [0.4, 0.5) is 17.6 Å². The Labute approximate surface area is 195 Å². The summed E-state index contributed by atoms with van der Waals surface area (Å²) in [5, 5.41) is -0.990. The molecule has 0 spiro atoms. The van der Waals surface area contributed by atoms with Gasteiger partial charge in [-0.05, 0) is 64.2 Å². The monoisotopic (exact) mass is 501 g/mol. The van der Waals surface area contributed by atoms with Gasteiger partial charge in [0.05, 0.1) is 30.0 Å². The minimum Gasteiger partial charge on any atom is -0.381 e. The molecule has 5 nitrogen and oxygen atoms in total. The largest absolute Gasteiger partial charge is 0.391 e. The van der Waals surface area contributed by atoms with Crippen molar-refractivity contribution in [1.82, 2.24) is 4.31 Å². The van der Waals surface area contributed by atoms with Gasteiger partial charge in [-0.3, -0.25) is 0 Å². The zero-order chi connectivity index (χ0) is 24.2. The highest BCUT2D eigenvalue weighted by Crippen LogP contribution is 2.41. The van der Waals surface area contributed by atoms with Crippen LogP contribution in [0.2, 0.25) is 0 Å². The van der Waals surface area contributed by atoms with Crippen LogP contribution in [0.15, 0.2) is 0 Å². The molecule has 3 aliphatic rings. The summed E-state index contributed by atoms with van der Waals surface area (Å²) in [7, 11) is -2.26. The zero-order valence-electron chi connectivity index (χ0n) is 19.7. The molecule has 0 saturated heterocycles. The van der Waals surface area contributed by atoms with E-state index in [-0.39, 0.29) is 63.0 Å². The molecule has 0 N–H and O–H groups in total. The van der Waals surface area contributed by atoms with Crippen molar-refractivity contribution < 1.29 is 35.5 Å². The third-order valence-corrected chi connectivity index (χ3v) is 10.4. The molecule has 3 aliphatic carbocycles. The molecule has 3 fully saturated rings. The lowest BCUT2D eigenvalue weighted by Gasteiger charge is -2.40. The van der Waals surface area contributed by atoms with Gasteiger partial charge in [-0.2, -0.15) is 17.5 Å². The molecule has 3 rings (SSSR count). The van der Waals surface area contributed by atoms with Gasteiger partial charge in [0, 0.05) is 25.6 Å². The van der Waals surface area contributed by atoms with E-state index >= 15 is 0 Å². The van der Waals surface area contributed by atoms with Crippen molar-refractivity contribution in [2.45, 2.75) is 113 Å². The standard InChI is InChI=1S/C23H39F4NO4S/c1-3-28(33(29,30)19-10-4-7-16(13-19)23(25,26)27)17-8-5-9-18(14-17)32-15-20-21(24)11-6-12-22(20)31-2/h16-22H,3-15H2,1-2H3. The first-order chi connectivity index (χ1) is 15.6. The van der Waals surface area contributed by atoms with Gasteiger partial charge in [0.2, 0.25) is 10.0 Å². The number of sulfonamides is 1. The highest BCUT2D eigenvalue weighted by atomic mass is 32.2. The number of ether oxygens (including phenoxy) is 2. The van der Waals surface area contributed by atoms with Crippen LogP contribution >= 0.6 is 0 Å². The molecule has 0 heterocycles. The molecular weight excluding hydrogens is 462 g/mol. The summed E-state index contributed by atoms with van der Waals surface area (Å²) in [6.07, 6.45) is -0.692. The van der Waals surface area contributed by atoms with Crippen molar-refractivity contribution in [2.24, 2.45) is 11.8 Å². The van der Waals surface area contributed by atoms with E-state index in [1.165, 1.54) is 4.31 Å². The van der Waals surface area contributed by atoms with E-state index in [0.29, 0.717) is 19.3 Å². The summed E-state index contributed by atoms with van der Waals surface area (Å²) in [6.45, 7) is 2.21. The smallest absolute Gasteiger partial charge is 0.381 e. The fraction of sp³-hybridized carbons (Fsp3) is 1.00. The molecule has 0 bridgehead atoms. The SMILES string of the molecule is CCN(C1CCCC(OCC2C(F)CCCC2OC)C1)S(=O)(=O)C1CCCC(C(F)(F)F)C1. The zero-order valence-corrected chi connectivity index (χ0v) is 20.6. The van der Waals surface area contributed by atoms with E-state index in [0.717, 1.165) is 25.7 Å². The highest BCUT2D eigenvalue weighted by Gasteiger charge is 2.47. The Bertz CT molecular complexity index is 720. The summed E-state index contributed by atoms with van der Waals surface area (Å²) >= 11 is 0. The third kappa shape index (κ3) is 6.61. The lowest BCUT2D eigenvalue weighted by Crippen LogP contribution is -2.49. The van der Waals surface area contributed by atoms with Crippen molar-refractivity contribution >= 4 is 10.0 Å². The summed E-state index contributed by atoms with van der Waals surface area (Å²) in [5.41, 5.74) is 0. The van der Waals surface area contributed by atoms with Gasteiger partial charge in [0.1, 0.15) is 6.17 Å². The Hall–Kier alpha value is -0.450. The average Bonchev–Trinajstić information content (AvgIpc) is 2.78. The van der Waals surface area contributed by atoms with Gasteiger partial charge in [-0.1, -0.05) is 13.3 Å². The molecule has 194 valence electrons. The molecule has 0 aromatic heterocycles. The molecular formula is C23H39F4NO4S. The minimum absolute atomic E-state index is 0.000187. The Kier molecular flexibility index (Phi) is 9.48. The van der Waals surface area contributed by atoms with E-state index in [9.17, 15) is 26.0 Å². The molecule has 0 radical (unpaired) electrons. The normalized spacial score (nSPS) is 36.8. The fourth-order valence-corrected chi connectivity index (χ4v) is 8.30. The van der Waals surface area contributed by atoms with Crippen LogP contribution in [-0.4, -0.2) is 68.8 Å². The molecule has 7 atom stereocenters. The van der Waals surface area contributed by atoms with Crippen molar-refractivity contribution in [3.8, 4) is 0 Å². The van der Waals surface area contributed by atoms with Crippen LogP contribution in [0.5, 0.6) is 0 Å². The van der Waals surface area contributed by atoms with Crippen LogP contribution in [0.1, 0.15) is 77.6 Å². The van der Waals surface area contributed by atoms with Gasteiger partial charge in [0.25, 0.3) is 0 Å². The Balaban J connectivity index is 1.62. The topological polar surface area (TPSA) is 55.8 Å². The second-order valence-corrected chi connectivity index (χ2v) is 12.1. The first kappa shape index (κ1) is 27.1. The van der Waals surface area contributed by atoms with Crippen molar-refractivity contribution in [1.29, 1.82) is 0 Å². The van der Waals surface area contributed by atoms with Crippen molar-refractivity contribution in [3.05, 3.63) is 0 Å². The molecule has 0 aromatic rings. The molecule has 33 heavy (non-hydrogen) atoms. The van der Waals surface area contributed by atoms with Gasteiger partial charge in [0.15, 0.2) is 0 Å². The first-order valence-corrected chi connectivity index (χ1v) is 13.9. The summed E-state index contributed by atoms with van der Waals surface area (Å²) in [5.74, 6) is -1.87. The van der Waals surface area contributed by atoms with Crippen molar-refractivity contribution in [3.63, 3.8) is 0 Å². The van der Waals surface area contributed by atoms with E-state index in [1.54, 1.807) is 14.0 Å². The van der Waals surface area contributed by atoms with Crippen LogP contribution in [0.3, 0.4) is 0 Å². The number of hydrogen-bond donors (Lipinski definition) is 0. The minimum atomic E-state index is -4.36. The number of methoxy groups -OCH3 is 1. The Morgan fingerprint density at radius 2 is 1.67 bits per heavy atom. The van der Waals surface area contributed by atoms with E-state index < -0.39 is 33.5 Å². The molecule has 0 amide bonds. The molecule has 7 unspecified atom stereocenters. The maximum Gasteiger partial charge on any atom is 0.391 e. The number of alkyl halides is 4. The van der Waals surface area contributed by atoms with Crippen LogP contribution in [0.25, 0.3) is 0 Å². The van der Waals surface area contributed by atoms with Gasteiger partial charge >= 0.3 is 6.18 Å². The maximum atomic E-state index is 14.4. The van der Waals surface area contributed by atoms with Crippen LogP contribution < -0.4 is 0 Å². The van der Waals surface area contributed by atoms with Gasteiger partial charge < -0.3 is 9.47 Å². The first-order valence-electron chi connectivity index (χ1n) is 12.4. The number of halogens is 4. The quantitative estimate of drug-likeness (QED) is 0.427. The van der Waals surface area contributed by atoms with Crippen molar-refractivity contribution in [2.75, 3.05) is 20.3 Å². The lowest BCUT2D eigenvalue weighted by atomic mass is 9.85. The van der Waals surface area contributed by atoms with E-state index in [2.05, 4.69) is 0 Å². The molecule has 10 heteroatoms. The number of nitrogens with zero attached hydrogens (tertiary/aromatic N) is 1. The summed E-state index contributed by atoms with van der Waals surface area (Å²) < 4.78 is 93.9. The summed E-state index contributed by atoms with van der Waals surface area (Å²) in [6, 6.07) is -0.296. The molecule has 0 aromatic carbocycles. The van der Waals surface area contributed by atoms with Gasteiger partial charge in [-0.25, -0.2) is 12.8 Å². The third-order valence-electron chi connectivity index (χ3n) is 7.89. The molecule has 3 saturated carbocycles. The highest BCUT2D eigenvalue weighted by molar-refractivity contribution is 7.89. The number of rotatable bonds is 8. The predicted octanol–water partition coefficient (Wildman–Crippen LogP) is 5.24. The van der Waals surface area contributed by atoms with Gasteiger partial charge in [-0.15, -0.1) is 0 Å². The van der Waals surface area contributed by atoms with Crippen LogP contribution in [-0.2, 0) is 19.5 Å². The Morgan fingerprint density at radius 1 is 0.970 bits per heavy atom. The lowest BCUT2D eigenvalue weighted by molar-refractivity contribution is -0.181.